The van der Waals surface area contributed by atoms with Crippen molar-refractivity contribution in [1.29, 1.82) is 0 Å². The van der Waals surface area contributed by atoms with Crippen molar-refractivity contribution in [1.82, 2.24) is 9.88 Å². The lowest BCUT2D eigenvalue weighted by Crippen LogP contribution is -2.31. The Bertz CT molecular complexity index is 525. The minimum absolute atomic E-state index is 0.172. The number of benzene rings is 1. The molecular formula is C15H19FN2O2. The fraction of sp³-hybridized carbons (Fsp3) is 0.333. The minimum Gasteiger partial charge on any atom is -0.491 e. The summed E-state index contributed by atoms with van der Waals surface area (Å²) in [5.74, 6) is 0.245. The molecule has 0 spiro atoms. The van der Waals surface area contributed by atoms with Crippen LogP contribution in [0.25, 0.3) is 0 Å². The molecule has 0 aliphatic heterocycles. The highest BCUT2D eigenvalue weighted by Gasteiger charge is 2.05. The Morgan fingerprint density at radius 3 is 2.70 bits per heavy atom. The largest absolute Gasteiger partial charge is 0.491 e. The van der Waals surface area contributed by atoms with Gasteiger partial charge in [0.25, 0.3) is 0 Å². The van der Waals surface area contributed by atoms with E-state index in [0.717, 1.165) is 5.69 Å². The van der Waals surface area contributed by atoms with Gasteiger partial charge in [-0.25, -0.2) is 4.39 Å². The molecule has 2 N–H and O–H groups in total. The fourth-order valence-electron chi connectivity index (χ4n) is 1.83. The molecule has 0 fully saturated rings. The van der Waals surface area contributed by atoms with E-state index >= 15 is 0 Å². The predicted octanol–water partition coefficient (Wildman–Crippen LogP) is 1.69. The van der Waals surface area contributed by atoms with Crippen LogP contribution < -0.4 is 10.1 Å². The molecule has 0 radical (unpaired) electrons. The lowest BCUT2D eigenvalue weighted by Gasteiger charge is -2.13. The average molecular weight is 278 g/mol. The molecule has 1 atom stereocenters. The van der Waals surface area contributed by atoms with E-state index < -0.39 is 6.10 Å². The SMILES string of the molecule is Cn1cccc1CNCC(O)COc1ccc(F)cc1. The second-order valence-electron chi connectivity index (χ2n) is 4.66. The Morgan fingerprint density at radius 2 is 2.05 bits per heavy atom. The van der Waals surface area contributed by atoms with Gasteiger partial charge >= 0.3 is 0 Å². The third-order valence-electron chi connectivity index (χ3n) is 2.99. The maximum Gasteiger partial charge on any atom is 0.123 e. The van der Waals surface area contributed by atoms with Crippen LogP contribution in [0.3, 0.4) is 0 Å². The molecule has 4 nitrogen and oxygen atoms in total. The van der Waals surface area contributed by atoms with Gasteiger partial charge in [0.15, 0.2) is 0 Å². The van der Waals surface area contributed by atoms with Crippen molar-refractivity contribution in [2.24, 2.45) is 7.05 Å². The standard InChI is InChI=1S/C15H19FN2O2/c1-18-8-2-3-13(18)9-17-10-14(19)11-20-15-6-4-12(16)5-7-15/h2-8,14,17,19H,9-11H2,1H3. The highest BCUT2D eigenvalue weighted by atomic mass is 19.1. The van der Waals surface area contributed by atoms with E-state index in [1.165, 1.54) is 12.1 Å². The summed E-state index contributed by atoms with van der Waals surface area (Å²) in [6.07, 6.45) is 1.37. The maximum atomic E-state index is 12.7. The number of halogens is 1. The molecule has 1 aromatic heterocycles. The van der Waals surface area contributed by atoms with Gasteiger partial charge in [0.1, 0.15) is 24.3 Å². The Labute approximate surface area is 117 Å². The normalized spacial score (nSPS) is 12.3. The number of hydrogen-bond acceptors (Lipinski definition) is 3. The summed E-state index contributed by atoms with van der Waals surface area (Å²) in [4.78, 5) is 0. The summed E-state index contributed by atoms with van der Waals surface area (Å²) in [7, 11) is 1.98. The van der Waals surface area contributed by atoms with Gasteiger partial charge in [-0.1, -0.05) is 0 Å². The van der Waals surface area contributed by atoms with Crippen molar-refractivity contribution in [2.45, 2.75) is 12.6 Å². The summed E-state index contributed by atoms with van der Waals surface area (Å²) in [6, 6.07) is 9.74. The van der Waals surface area contributed by atoms with Crippen LogP contribution in [-0.4, -0.2) is 28.9 Å². The van der Waals surface area contributed by atoms with E-state index in [4.69, 9.17) is 4.74 Å². The number of ether oxygens (including phenoxy) is 1. The van der Waals surface area contributed by atoms with Gasteiger partial charge in [0, 0.05) is 32.0 Å². The number of aliphatic hydroxyl groups excluding tert-OH is 1. The average Bonchev–Trinajstić information content (AvgIpc) is 2.84. The summed E-state index contributed by atoms with van der Waals surface area (Å²) in [5.41, 5.74) is 1.15. The number of aliphatic hydroxyl groups is 1. The van der Waals surface area contributed by atoms with Crippen molar-refractivity contribution >= 4 is 0 Å². The third-order valence-corrected chi connectivity index (χ3v) is 2.99. The molecule has 0 saturated heterocycles. The number of aromatic nitrogens is 1. The molecule has 5 heteroatoms. The number of nitrogens with one attached hydrogen (secondary N) is 1. The highest BCUT2D eigenvalue weighted by Crippen LogP contribution is 2.11. The molecule has 0 saturated carbocycles. The third kappa shape index (κ3) is 4.36. The first-order valence-corrected chi connectivity index (χ1v) is 6.52. The van der Waals surface area contributed by atoms with E-state index in [9.17, 15) is 9.50 Å². The zero-order valence-electron chi connectivity index (χ0n) is 11.4. The van der Waals surface area contributed by atoms with Gasteiger partial charge in [0.2, 0.25) is 0 Å². The Balaban J connectivity index is 1.66. The van der Waals surface area contributed by atoms with Gasteiger partial charge in [-0.2, -0.15) is 0 Å². The number of rotatable bonds is 7. The zero-order chi connectivity index (χ0) is 14.4. The molecule has 20 heavy (non-hydrogen) atoms. The van der Waals surface area contributed by atoms with E-state index in [2.05, 4.69) is 5.32 Å². The fourth-order valence-corrected chi connectivity index (χ4v) is 1.83. The highest BCUT2D eigenvalue weighted by molar-refractivity contribution is 5.22. The first-order chi connectivity index (χ1) is 9.65. The molecule has 1 heterocycles. The molecule has 108 valence electrons. The Kier molecular flexibility index (Phi) is 5.15. The van der Waals surface area contributed by atoms with Crippen LogP contribution >= 0.6 is 0 Å². The van der Waals surface area contributed by atoms with Crippen LogP contribution in [0.1, 0.15) is 5.69 Å². The molecule has 2 rings (SSSR count). The molecule has 1 unspecified atom stereocenters. The number of hydrogen-bond donors (Lipinski definition) is 2. The number of aryl methyl sites for hydroxylation is 1. The Morgan fingerprint density at radius 1 is 1.30 bits per heavy atom. The van der Waals surface area contributed by atoms with E-state index in [-0.39, 0.29) is 12.4 Å². The maximum absolute atomic E-state index is 12.7. The first kappa shape index (κ1) is 14.6. The number of nitrogens with zero attached hydrogens (tertiary/aromatic N) is 1. The quantitative estimate of drug-likeness (QED) is 0.810. The van der Waals surface area contributed by atoms with Crippen LogP contribution in [0.15, 0.2) is 42.6 Å². The van der Waals surface area contributed by atoms with Gasteiger partial charge in [0.05, 0.1) is 0 Å². The Hall–Kier alpha value is -1.85. The zero-order valence-corrected chi connectivity index (χ0v) is 11.4. The van der Waals surface area contributed by atoms with Gasteiger partial charge in [-0.15, -0.1) is 0 Å². The van der Waals surface area contributed by atoms with Crippen molar-refractivity contribution in [2.75, 3.05) is 13.2 Å². The second kappa shape index (κ2) is 7.07. The summed E-state index contributed by atoms with van der Waals surface area (Å²) >= 11 is 0. The monoisotopic (exact) mass is 278 g/mol. The van der Waals surface area contributed by atoms with Crippen molar-refractivity contribution < 1.29 is 14.2 Å². The van der Waals surface area contributed by atoms with Crippen LogP contribution in [0, 0.1) is 5.82 Å². The van der Waals surface area contributed by atoms with Crippen molar-refractivity contribution in [3.63, 3.8) is 0 Å². The van der Waals surface area contributed by atoms with Crippen molar-refractivity contribution in [3.8, 4) is 5.75 Å². The smallest absolute Gasteiger partial charge is 0.123 e. The topological polar surface area (TPSA) is 46.4 Å². The molecule has 2 aromatic rings. The van der Waals surface area contributed by atoms with E-state index in [0.29, 0.717) is 18.8 Å². The molecule has 0 bridgehead atoms. The van der Waals surface area contributed by atoms with E-state index in [1.807, 2.05) is 29.9 Å². The molecule has 0 aliphatic carbocycles. The molecule has 0 aliphatic rings. The van der Waals surface area contributed by atoms with Gasteiger partial charge < -0.3 is 19.7 Å². The summed E-state index contributed by atoms with van der Waals surface area (Å²) < 4.78 is 20.1. The minimum atomic E-state index is -0.611. The predicted molar refractivity (Wildman–Crippen MR) is 75.0 cm³/mol. The van der Waals surface area contributed by atoms with Crippen LogP contribution in [0.4, 0.5) is 4.39 Å². The van der Waals surface area contributed by atoms with Crippen LogP contribution in [0.5, 0.6) is 5.75 Å². The second-order valence-corrected chi connectivity index (χ2v) is 4.66. The van der Waals surface area contributed by atoms with Gasteiger partial charge in [-0.05, 0) is 36.4 Å². The lowest BCUT2D eigenvalue weighted by molar-refractivity contribution is 0.106. The van der Waals surface area contributed by atoms with Crippen molar-refractivity contribution in [3.05, 3.63) is 54.1 Å². The first-order valence-electron chi connectivity index (χ1n) is 6.52. The van der Waals surface area contributed by atoms with Gasteiger partial charge in [-0.3, -0.25) is 0 Å². The molecule has 1 aromatic carbocycles. The van der Waals surface area contributed by atoms with E-state index in [1.54, 1.807) is 12.1 Å². The summed E-state index contributed by atoms with van der Waals surface area (Å²) in [6.45, 7) is 1.30. The van der Waals surface area contributed by atoms with Crippen LogP contribution in [-0.2, 0) is 13.6 Å². The lowest BCUT2D eigenvalue weighted by atomic mass is 10.3. The molecule has 0 amide bonds. The summed E-state index contributed by atoms with van der Waals surface area (Å²) in [5, 5.41) is 13.0. The molecular weight excluding hydrogens is 259 g/mol. The van der Waals surface area contributed by atoms with Crippen LogP contribution in [0.2, 0.25) is 0 Å².